The predicted octanol–water partition coefficient (Wildman–Crippen LogP) is 5.28. The molecule has 0 unspecified atom stereocenters. The lowest BCUT2D eigenvalue weighted by atomic mass is 10.0. The highest BCUT2D eigenvalue weighted by atomic mass is 79.9. The average molecular weight is 467 g/mol. The molecule has 1 N–H and O–H groups in total. The quantitative estimate of drug-likeness (QED) is 0.415. The summed E-state index contributed by atoms with van der Waals surface area (Å²) in [7, 11) is 0. The van der Waals surface area contributed by atoms with Crippen molar-refractivity contribution in [3.63, 3.8) is 0 Å². The highest BCUT2D eigenvalue weighted by Gasteiger charge is 2.26. The number of aromatic nitrogens is 3. The van der Waals surface area contributed by atoms with Crippen LogP contribution < -0.4 is 5.32 Å². The van der Waals surface area contributed by atoms with Crippen molar-refractivity contribution in [1.29, 1.82) is 0 Å². The lowest BCUT2D eigenvalue weighted by Crippen LogP contribution is -2.32. The van der Waals surface area contributed by atoms with Gasteiger partial charge in [0.15, 0.2) is 11.5 Å². The minimum absolute atomic E-state index is 0.0240. The lowest BCUT2D eigenvalue weighted by molar-refractivity contribution is 0.0904. The number of carbonyl (C=O) groups is 1. The van der Waals surface area contributed by atoms with Gasteiger partial charge in [-0.15, -0.1) is 0 Å². The van der Waals surface area contributed by atoms with Crippen molar-refractivity contribution in [3.05, 3.63) is 76.7 Å². The maximum absolute atomic E-state index is 12.8. The average Bonchev–Trinajstić information content (AvgIpc) is 3.43. The zero-order valence-corrected chi connectivity index (χ0v) is 18.0. The molecule has 4 rings (SSSR count). The van der Waals surface area contributed by atoms with Crippen LogP contribution in [-0.4, -0.2) is 21.2 Å². The summed E-state index contributed by atoms with van der Waals surface area (Å²) in [6, 6.07) is 18.2. The van der Waals surface area contributed by atoms with Gasteiger partial charge in [0.2, 0.25) is 11.7 Å². The SMILES string of the molecule is CC(C)[C@@H](NC(=O)c1cc(-c2ccc(Br)cc2)on1)c1nc(-c2ccccc2)no1. The van der Waals surface area contributed by atoms with Crippen molar-refractivity contribution < 1.29 is 13.8 Å². The van der Waals surface area contributed by atoms with Gasteiger partial charge in [0.05, 0.1) is 0 Å². The highest BCUT2D eigenvalue weighted by molar-refractivity contribution is 9.10. The second-order valence-corrected chi connectivity index (χ2v) is 8.02. The van der Waals surface area contributed by atoms with Crippen LogP contribution in [0.15, 0.2) is 74.2 Å². The second kappa shape index (κ2) is 8.62. The summed E-state index contributed by atoms with van der Waals surface area (Å²) in [5, 5.41) is 10.9. The van der Waals surface area contributed by atoms with Gasteiger partial charge in [0.25, 0.3) is 5.91 Å². The number of nitrogens with one attached hydrogen (secondary N) is 1. The number of benzene rings is 2. The van der Waals surface area contributed by atoms with Gasteiger partial charge in [-0.25, -0.2) is 0 Å². The normalized spacial score (nSPS) is 12.1. The van der Waals surface area contributed by atoms with Crippen LogP contribution in [0.5, 0.6) is 0 Å². The summed E-state index contributed by atoms with van der Waals surface area (Å²) in [6.45, 7) is 3.93. The van der Waals surface area contributed by atoms with Crippen molar-refractivity contribution in [2.45, 2.75) is 19.9 Å². The first kappa shape index (κ1) is 20.0. The maximum Gasteiger partial charge on any atom is 0.274 e. The van der Waals surface area contributed by atoms with E-state index in [4.69, 9.17) is 9.05 Å². The van der Waals surface area contributed by atoms with E-state index < -0.39 is 6.04 Å². The maximum atomic E-state index is 12.8. The summed E-state index contributed by atoms with van der Waals surface area (Å²) in [4.78, 5) is 17.2. The topological polar surface area (TPSA) is 94.1 Å². The standard InChI is InChI=1S/C22H19BrN4O3/c1-13(2)19(22-25-20(27-30-22)15-6-4-3-5-7-15)24-21(28)17-12-18(29-26-17)14-8-10-16(23)11-9-14/h3-13,19H,1-2H3,(H,24,28)/t19-/m1/s1. The first-order chi connectivity index (χ1) is 14.5. The molecule has 1 atom stereocenters. The first-order valence-electron chi connectivity index (χ1n) is 9.44. The Balaban J connectivity index is 1.52. The Kier molecular flexibility index (Phi) is 5.76. The summed E-state index contributed by atoms with van der Waals surface area (Å²) < 4.78 is 11.7. The molecule has 0 aliphatic carbocycles. The van der Waals surface area contributed by atoms with Crippen LogP contribution in [0.4, 0.5) is 0 Å². The molecule has 0 saturated heterocycles. The van der Waals surface area contributed by atoms with E-state index in [1.54, 1.807) is 6.07 Å². The monoisotopic (exact) mass is 466 g/mol. The molecule has 152 valence electrons. The second-order valence-electron chi connectivity index (χ2n) is 7.10. The van der Waals surface area contributed by atoms with Crippen LogP contribution in [0.25, 0.3) is 22.7 Å². The number of amides is 1. The van der Waals surface area contributed by atoms with Crippen molar-refractivity contribution in [3.8, 4) is 22.7 Å². The fraction of sp³-hybridized carbons (Fsp3) is 0.182. The fourth-order valence-electron chi connectivity index (χ4n) is 2.93. The number of nitrogens with zero attached hydrogens (tertiary/aromatic N) is 3. The van der Waals surface area contributed by atoms with Gasteiger partial charge in [-0.1, -0.05) is 82.6 Å². The van der Waals surface area contributed by atoms with E-state index in [1.807, 2.05) is 68.4 Å². The Hall–Kier alpha value is -3.26. The van der Waals surface area contributed by atoms with Crippen LogP contribution in [0.3, 0.4) is 0 Å². The summed E-state index contributed by atoms with van der Waals surface area (Å²) in [5.74, 6) is 0.979. The van der Waals surface area contributed by atoms with Crippen molar-refractivity contribution in [2.24, 2.45) is 5.92 Å². The molecule has 0 fully saturated rings. The van der Waals surface area contributed by atoms with E-state index in [-0.39, 0.29) is 17.5 Å². The molecule has 4 aromatic rings. The number of carbonyl (C=O) groups excluding carboxylic acids is 1. The van der Waals surface area contributed by atoms with Crippen LogP contribution >= 0.6 is 15.9 Å². The van der Waals surface area contributed by atoms with Gasteiger partial charge in [-0.05, 0) is 18.1 Å². The third-order valence-electron chi connectivity index (χ3n) is 4.56. The van der Waals surface area contributed by atoms with Crippen LogP contribution in [0, 0.1) is 5.92 Å². The molecular weight excluding hydrogens is 448 g/mol. The lowest BCUT2D eigenvalue weighted by Gasteiger charge is -2.17. The molecule has 0 radical (unpaired) electrons. The van der Waals surface area contributed by atoms with E-state index in [9.17, 15) is 4.79 Å². The van der Waals surface area contributed by atoms with E-state index in [0.29, 0.717) is 17.5 Å². The van der Waals surface area contributed by atoms with Crippen molar-refractivity contribution in [1.82, 2.24) is 20.6 Å². The molecule has 8 heteroatoms. The predicted molar refractivity (Wildman–Crippen MR) is 114 cm³/mol. The van der Waals surface area contributed by atoms with Gasteiger partial charge < -0.3 is 14.4 Å². The van der Waals surface area contributed by atoms with Crippen LogP contribution in [-0.2, 0) is 0 Å². The molecule has 30 heavy (non-hydrogen) atoms. The summed E-state index contributed by atoms with van der Waals surface area (Å²) in [5.41, 5.74) is 1.85. The molecule has 2 aromatic carbocycles. The molecule has 2 heterocycles. The van der Waals surface area contributed by atoms with Crippen LogP contribution in [0.2, 0.25) is 0 Å². The minimum atomic E-state index is -0.463. The van der Waals surface area contributed by atoms with E-state index in [1.165, 1.54) is 0 Å². The first-order valence-corrected chi connectivity index (χ1v) is 10.2. The largest absolute Gasteiger partial charge is 0.355 e. The van der Waals surface area contributed by atoms with Crippen LogP contribution in [0.1, 0.15) is 36.3 Å². The van der Waals surface area contributed by atoms with Gasteiger partial charge in [0.1, 0.15) is 6.04 Å². The molecule has 0 aliphatic rings. The number of hydrogen-bond acceptors (Lipinski definition) is 6. The Bertz CT molecular complexity index is 1140. The Labute approximate surface area is 181 Å². The van der Waals surface area contributed by atoms with E-state index >= 15 is 0 Å². The number of hydrogen-bond donors (Lipinski definition) is 1. The minimum Gasteiger partial charge on any atom is -0.355 e. The smallest absolute Gasteiger partial charge is 0.274 e. The third kappa shape index (κ3) is 4.33. The zero-order chi connectivity index (χ0) is 21.1. The Morgan fingerprint density at radius 2 is 1.70 bits per heavy atom. The molecule has 0 aliphatic heterocycles. The number of halogens is 1. The molecule has 7 nitrogen and oxygen atoms in total. The Morgan fingerprint density at radius 3 is 2.40 bits per heavy atom. The van der Waals surface area contributed by atoms with E-state index in [2.05, 4.69) is 36.5 Å². The van der Waals surface area contributed by atoms with Crippen molar-refractivity contribution in [2.75, 3.05) is 0 Å². The molecular formula is C22H19BrN4O3. The van der Waals surface area contributed by atoms with Gasteiger partial charge in [0, 0.05) is 21.7 Å². The van der Waals surface area contributed by atoms with Gasteiger partial charge in [-0.2, -0.15) is 4.98 Å². The third-order valence-corrected chi connectivity index (χ3v) is 5.09. The fourth-order valence-corrected chi connectivity index (χ4v) is 3.19. The molecule has 0 saturated carbocycles. The van der Waals surface area contributed by atoms with Gasteiger partial charge >= 0.3 is 0 Å². The van der Waals surface area contributed by atoms with E-state index in [0.717, 1.165) is 15.6 Å². The van der Waals surface area contributed by atoms with Crippen molar-refractivity contribution >= 4 is 21.8 Å². The molecule has 1 amide bonds. The summed E-state index contributed by atoms with van der Waals surface area (Å²) >= 11 is 3.40. The molecule has 2 aromatic heterocycles. The number of rotatable bonds is 6. The highest BCUT2D eigenvalue weighted by Crippen LogP contribution is 2.25. The Morgan fingerprint density at radius 1 is 0.967 bits per heavy atom. The van der Waals surface area contributed by atoms with Gasteiger partial charge in [-0.3, -0.25) is 4.79 Å². The molecule has 0 bridgehead atoms. The summed E-state index contributed by atoms with van der Waals surface area (Å²) in [6.07, 6.45) is 0. The zero-order valence-electron chi connectivity index (χ0n) is 16.4. The molecule has 0 spiro atoms.